The maximum Gasteiger partial charge on any atom is 0.0249 e. The van der Waals surface area contributed by atoms with Gasteiger partial charge in [-0.05, 0) is 66.5 Å². The molecule has 0 saturated heterocycles. The predicted octanol–water partition coefficient (Wildman–Crippen LogP) is 8.83. The number of benzene rings is 2. The minimum absolute atomic E-state index is 0.942. The molecule has 1 saturated carbocycles. The quantitative estimate of drug-likeness (QED) is 0.361. The Morgan fingerprint density at radius 3 is 1.90 bits per heavy atom. The highest BCUT2D eigenvalue weighted by Gasteiger charge is 2.20. The van der Waals surface area contributed by atoms with Gasteiger partial charge in [-0.3, -0.25) is 0 Å². The van der Waals surface area contributed by atoms with E-state index in [0.717, 1.165) is 29.4 Å². The molecule has 0 radical (unpaired) electrons. The molecule has 2 aromatic carbocycles. The van der Waals surface area contributed by atoms with Crippen LogP contribution in [0.15, 0.2) is 54.6 Å². The van der Waals surface area contributed by atoms with Gasteiger partial charge in [0.05, 0.1) is 0 Å². The van der Waals surface area contributed by atoms with E-state index in [1.54, 1.807) is 0 Å². The predicted molar refractivity (Wildman–Crippen MR) is 136 cm³/mol. The monoisotopic (exact) mass is 412 g/mol. The SMILES string of the molecule is CCC/C=C/c1ccc(C#Cc2ccc(CCC3CCC(CCCC)CC3)cc2)cc1. The van der Waals surface area contributed by atoms with Crippen LogP contribution in [0.25, 0.3) is 6.08 Å². The molecule has 1 aliphatic rings. The van der Waals surface area contributed by atoms with Gasteiger partial charge >= 0.3 is 0 Å². The first-order valence-electron chi connectivity index (χ1n) is 12.6. The summed E-state index contributed by atoms with van der Waals surface area (Å²) in [6.07, 6.45) is 19.4. The first-order valence-corrected chi connectivity index (χ1v) is 12.6. The van der Waals surface area contributed by atoms with Crippen molar-refractivity contribution in [2.24, 2.45) is 11.8 Å². The highest BCUT2D eigenvalue weighted by Crippen LogP contribution is 2.34. The molecule has 3 rings (SSSR count). The van der Waals surface area contributed by atoms with Crippen molar-refractivity contribution in [2.45, 2.75) is 84.5 Å². The summed E-state index contributed by atoms with van der Waals surface area (Å²) in [5, 5.41) is 0. The molecule has 0 bridgehead atoms. The molecule has 164 valence electrons. The topological polar surface area (TPSA) is 0 Å². The average Bonchev–Trinajstić information content (AvgIpc) is 2.82. The Bertz CT molecular complexity index is 834. The van der Waals surface area contributed by atoms with Crippen molar-refractivity contribution in [3.8, 4) is 11.8 Å². The molecule has 0 heterocycles. The summed E-state index contributed by atoms with van der Waals surface area (Å²) >= 11 is 0. The number of hydrogen-bond acceptors (Lipinski definition) is 0. The van der Waals surface area contributed by atoms with Gasteiger partial charge < -0.3 is 0 Å². The van der Waals surface area contributed by atoms with Crippen molar-refractivity contribution >= 4 is 6.08 Å². The Balaban J connectivity index is 1.44. The van der Waals surface area contributed by atoms with Crippen LogP contribution in [0.1, 0.15) is 100 Å². The molecule has 0 heteroatoms. The summed E-state index contributed by atoms with van der Waals surface area (Å²) in [4.78, 5) is 0. The highest BCUT2D eigenvalue weighted by atomic mass is 14.3. The lowest BCUT2D eigenvalue weighted by Gasteiger charge is -2.28. The van der Waals surface area contributed by atoms with Gasteiger partial charge in [-0.1, -0.05) is 113 Å². The van der Waals surface area contributed by atoms with Gasteiger partial charge in [0, 0.05) is 11.1 Å². The van der Waals surface area contributed by atoms with Crippen molar-refractivity contribution in [2.75, 3.05) is 0 Å². The van der Waals surface area contributed by atoms with Crippen molar-refractivity contribution in [3.05, 3.63) is 76.9 Å². The van der Waals surface area contributed by atoms with Crippen LogP contribution < -0.4 is 0 Å². The Kier molecular flexibility index (Phi) is 9.98. The summed E-state index contributed by atoms with van der Waals surface area (Å²) in [6, 6.07) is 17.5. The molecular weight excluding hydrogens is 372 g/mol. The molecule has 0 atom stereocenters. The Morgan fingerprint density at radius 1 is 0.742 bits per heavy atom. The second-order valence-electron chi connectivity index (χ2n) is 9.33. The number of hydrogen-bond donors (Lipinski definition) is 0. The van der Waals surface area contributed by atoms with Crippen LogP contribution in [0.5, 0.6) is 0 Å². The lowest BCUT2D eigenvalue weighted by atomic mass is 9.78. The third-order valence-corrected chi connectivity index (χ3v) is 6.75. The van der Waals surface area contributed by atoms with Gasteiger partial charge in [0.25, 0.3) is 0 Å². The fraction of sp³-hybridized carbons (Fsp3) is 0.484. The number of unbranched alkanes of at least 4 members (excludes halogenated alkanes) is 2. The van der Waals surface area contributed by atoms with E-state index in [9.17, 15) is 0 Å². The van der Waals surface area contributed by atoms with Crippen LogP contribution in [-0.4, -0.2) is 0 Å². The van der Waals surface area contributed by atoms with E-state index in [1.165, 1.54) is 75.3 Å². The van der Waals surface area contributed by atoms with Crippen molar-refractivity contribution in [1.82, 2.24) is 0 Å². The molecule has 0 aliphatic heterocycles. The summed E-state index contributed by atoms with van der Waals surface area (Å²) in [5.74, 6) is 8.58. The van der Waals surface area contributed by atoms with Gasteiger partial charge in [-0.15, -0.1) is 0 Å². The molecule has 0 amide bonds. The fourth-order valence-corrected chi connectivity index (χ4v) is 4.64. The van der Waals surface area contributed by atoms with Gasteiger partial charge in [0.15, 0.2) is 0 Å². The van der Waals surface area contributed by atoms with Gasteiger partial charge in [0.1, 0.15) is 0 Å². The molecule has 31 heavy (non-hydrogen) atoms. The standard InChI is InChI=1S/C31H40/c1-3-5-7-9-27-12-16-29(17-13-27)19-21-31-24-22-30(23-25-31)20-18-28-14-10-26(11-15-28)8-6-4-2/h7,9,12-13,16-17,22-26,28H,3-6,8,10-11,14-15,18,20H2,1-2H3/b9-7+. The normalized spacial score (nSPS) is 18.6. The molecule has 0 spiro atoms. The van der Waals surface area contributed by atoms with Crippen LogP contribution in [0.4, 0.5) is 0 Å². The van der Waals surface area contributed by atoms with E-state index in [4.69, 9.17) is 0 Å². The van der Waals surface area contributed by atoms with Crippen LogP contribution in [0.2, 0.25) is 0 Å². The van der Waals surface area contributed by atoms with E-state index >= 15 is 0 Å². The largest absolute Gasteiger partial charge is 0.0840 e. The summed E-state index contributed by atoms with van der Waals surface area (Å²) < 4.78 is 0. The Morgan fingerprint density at radius 2 is 1.32 bits per heavy atom. The molecule has 0 N–H and O–H groups in total. The van der Waals surface area contributed by atoms with Gasteiger partial charge in [0.2, 0.25) is 0 Å². The van der Waals surface area contributed by atoms with Gasteiger partial charge in [-0.25, -0.2) is 0 Å². The minimum atomic E-state index is 0.942. The van der Waals surface area contributed by atoms with Crippen molar-refractivity contribution in [1.29, 1.82) is 0 Å². The van der Waals surface area contributed by atoms with Crippen LogP contribution >= 0.6 is 0 Å². The molecule has 2 aromatic rings. The average molecular weight is 413 g/mol. The molecule has 1 aliphatic carbocycles. The molecule has 0 aromatic heterocycles. The van der Waals surface area contributed by atoms with E-state index < -0.39 is 0 Å². The van der Waals surface area contributed by atoms with E-state index in [1.807, 2.05) is 0 Å². The summed E-state index contributed by atoms with van der Waals surface area (Å²) in [7, 11) is 0. The van der Waals surface area contributed by atoms with Crippen LogP contribution in [-0.2, 0) is 6.42 Å². The zero-order chi connectivity index (χ0) is 21.7. The minimum Gasteiger partial charge on any atom is -0.0840 e. The zero-order valence-corrected chi connectivity index (χ0v) is 19.7. The smallest absolute Gasteiger partial charge is 0.0249 e. The number of allylic oxidation sites excluding steroid dienone is 1. The van der Waals surface area contributed by atoms with E-state index in [0.29, 0.717) is 0 Å². The molecule has 0 unspecified atom stereocenters. The maximum atomic E-state index is 3.32. The lowest BCUT2D eigenvalue weighted by Crippen LogP contribution is -2.15. The Labute approximate surface area is 191 Å². The lowest BCUT2D eigenvalue weighted by molar-refractivity contribution is 0.250. The Hall–Kier alpha value is -2.26. The molecular formula is C31H40. The second-order valence-corrected chi connectivity index (χ2v) is 9.33. The third-order valence-electron chi connectivity index (χ3n) is 6.75. The van der Waals surface area contributed by atoms with Crippen molar-refractivity contribution in [3.63, 3.8) is 0 Å². The van der Waals surface area contributed by atoms with Crippen LogP contribution in [0.3, 0.4) is 0 Å². The van der Waals surface area contributed by atoms with E-state index in [-0.39, 0.29) is 0 Å². The summed E-state index contributed by atoms with van der Waals surface area (Å²) in [5.41, 5.74) is 4.89. The summed E-state index contributed by atoms with van der Waals surface area (Å²) in [6.45, 7) is 4.52. The molecule has 0 nitrogen and oxygen atoms in total. The zero-order valence-electron chi connectivity index (χ0n) is 19.7. The first-order chi connectivity index (χ1) is 15.3. The molecule has 1 fully saturated rings. The van der Waals surface area contributed by atoms with E-state index in [2.05, 4.69) is 86.4 Å². The van der Waals surface area contributed by atoms with Crippen LogP contribution in [0, 0.1) is 23.7 Å². The van der Waals surface area contributed by atoms with Crippen molar-refractivity contribution < 1.29 is 0 Å². The maximum absolute atomic E-state index is 3.32. The number of aryl methyl sites for hydroxylation is 1. The second kappa shape index (κ2) is 13.2. The fourth-order valence-electron chi connectivity index (χ4n) is 4.64. The van der Waals surface area contributed by atoms with Gasteiger partial charge in [-0.2, -0.15) is 0 Å². The third kappa shape index (κ3) is 8.41. The number of rotatable bonds is 9. The first kappa shape index (κ1) is 23.4. The highest BCUT2D eigenvalue weighted by molar-refractivity contribution is 5.52.